The number of aromatic nitrogens is 1. The van der Waals surface area contributed by atoms with Crippen molar-refractivity contribution < 1.29 is 23.4 Å². The van der Waals surface area contributed by atoms with Gasteiger partial charge in [-0.15, -0.1) is 0 Å². The number of carbonyl (C=O) groups excluding carboxylic acids is 1. The standard InChI is InChI=1S/C22H33FN4O2.C3H6O2/c1-25-15-22(16-25)5-2-18(13-22)26-6-8-27(9-7-26)20-12-17(23)14-24-21(20)29-19-3-10-28-11-4-19;1-2-5-3-4/h12,14,18-19H,2-11,13,15-16H2,1H3;3H,2H2,1H3. The van der Waals surface area contributed by atoms with E-state index in [1.54, 1.807) is 13.0 Å². The summed E-state index contributed by atoms with van der Waals surface area (Å²) in [6.07, 6.45) is 7.15. The summed E-state index contributed by atoms with van der Waals surface area (Å²) < 4.78 is 29.7. The van der Waals surface area contributed by atoms with Gasteiger partial charge in [0.05, 0.1) is 26.0 Å². The van der Waals surface area contributed by atoms with Crippen LogP contribution in [0.1, 0.15) is 39.0 Å². The SMILES string of the molecule is CCOC=O.CN1CC2(CCC(N3CCN(c4cc(F)cnc4OC4CCOCC4)CC3)C2)C1. The lowest BCUT2D eigenvalue weighted by atomic mass is 9.78. The van der Waals surface area contributed by atoms with E-state index in [0.29, 0.717) is 24.4 Å². The van der Waals surface area contributed by atoms with Crippen LogP contribution in [0.25, 0.3) is 0 Å². The van der Waals surface area contributed by atoms with Crippen LogP contribution in [-0.2, 0) is 14.3 Å². The largest absolute Gasteiger partial charge is 0.473 e. The highest BCUT2D eigenvalue weighted by Gasteiger charge is 2.48. The van der Waals surface area contributed by atoms with Gasteiger partial charge in [0, 0.05) is 64.2 Å². The van der Waals surface area contributed by atoms with Gasteiger partial charge in [-0.2, -0.15) is 0 Å². The minimum atomic E-state index is -0.298. The Morgan fingerprint density at radius 1 is 1.21 bits per heavy atom. The van der Waals surface area contributed by atoms with Crippen molar-refractivity contribution in [2.24, 2.45) is 5.41 Å². The summed E-state index contributed by atoms with van der Waals surface area (Å²) in [5, 5.41) is 0. The minimum absolute atomic E-state index is 0.108. The second-order valence-corrected chi connectivity index (χ2v) is 10.1. The van der Waals surface area contributed by atoms with Gasteiger partial charge in [-0.3, -0.25) is 9.69 Å². The number of carbonyl (C=O) groups is 1. The lowest BCUT2D eigenvalue weighted by molar-refractivity contribution is -0.128. The predicted octanol–water partition coefficient (Wildman–Crippen LogP) is 2.56. The van der Waals surface area contributed by atoms with Gasteiger partial charge in [0.25, 0.3) is 6.47 Å². The van der Waals surface area contributed by atoms with Crippen LogP contribution in [0.3, 0.4) is 0 Å². The summed E-state index contributed by atoms with van der Waals surface area (Å²) in [6, 6.07) is 2.31. The maximum absolute atomic E-state index is 14.0. The van der Waals surface area contributed by atoms with Gasteiger partial charge >= 0.3 is 0 Å². The molecule has 4 fully saturated rings. The number of hydrogen-bond acceptors (Lipinski definition) is 8. The first kappa shape index (κ1) is 25.1. The first-order valence-corrected chi connectivity index (χ1v) is 12.6. The molecule has 0 bridgehead atoms. The normalized spacial score (nSPS) is 25.4. The lowest BCUT2D eigenvalue weighted by Crippen LogP contribution is -2.54. The third kappa shape index (κ3) is 6.17. The zero-order valence-electron chi connectivity index (χ0n) is 20.6. The van der Waals surface area contributed by atoms with E-state index in [0.717, 1.165) is 64.0 Å². The molecule has 8 nitrogen and oxygen atoms in total. The van der Waals surface area contributed by atoms with E-state index in [2.05, 4.69) is 31.5 Å². The fourth-order valence-electron chi connectivity index (χ4n) is 5.96. The maximum atomic E-state index is 14.0. The molecule has 9 heteroatoms. The Bertz CT molecular complexity index is 793. The van der Waals surface area contributed by atoms with Crippen LogP contribution >= 0.6 is 0 Å². The third-order valence-corrected chi connectivity index (χ3v) is 7.54. The molecule has 5 rings (SSSR count). The summed E-state index contributed by atoms with van der Waals surface area (Å²) >= 11 is 0. The number of piperazine rings is 1. The third-order valence-electron chi connectivity index (χ3n) is 7.54. The summed E-state index contributed by atoms with van der Waals surface area (Å²) in [5.74, 6) is 0.276. The average Bonchev–Trinajstić information content (AvgIpc) is 3.27. The van der Waals surface area contributed by atoms with Crippen molar-refractivity contribution in [1.82, 2.24) is 14.8 Å². The molecule has 1 spiro atoms. The Kier molecular flexibility index (Phi) is 8.60. The summed E-state index contributed by atoms with van der Waals surface area (Å²) in [5.41, 5.74) is 1.40. The molecule has 34 heavy (non-hydrogen) atoms. The Labute approximate surface area is 202 Å². The Morgan fingerprint density at radius 3 is 2.56 bits per heavy atom. The van der Waals surface area contributed by atoms with E-state index in [9.17, 15) is 9.18 Å². The molecule has 0 amide bonds. The molecule has 1 saturated carbocycles. The fourth-order valence-corrected chi connectivity index (χ4v) is 5.96. The van der Waals surface area contributed by atoms with Crippen molar-refractivity contribution >= 4 is 12.2 Å². The van der Waals surface area contributed by atoms with Gasteiger partial charge in [-0.05, 0) is 38.6 Å². The van der Waals surface area contributed by atoms with Crippen molar-refractivity contribution in [3.05, 3.63) is 18.1 Å². The number of likely N-dealkylation sites (tertiary alicyclic amines) is 1. The van der Waals surface area contributed by atoms with Crippen molar-refractivity contribution in [2.45, 2.75) is 51.2 Å². The van der Waals surface area contributed by atoms with Crippen LogP contribution in [0.15, 0.2) is 12.3 Å². The van der Waals surface area contributed by atoms with E-state index < -0.39 is 0 Å². The zero-order chi connectivity index (χ0) is 24.0. The number of hydrogen-bond donors (Lipinski definition) is 0. The zero-order valence-corrected chi connectivity index (χ0v) is 20.6. The molecule has 4 aliphatic rings. The highest BCUT2D eigenvalue weighted by atomic mass is 19.1. The number of nitrogens with zero attached hydrogens (tertiary/aromatic N) is 4. The number of ether oxygens (including phenoxy) is 3. The Hall–Kier alpha value is -1.97. The van der Waals surface area contributed by atoms with Crippen LogP contribution in [0.5, 0.6) is 5.88 Å². The van der Waals surface area contributed by atoms with E-state index >= 15 is 0 Å². The van der Waals surface area contributed by atoms with Crippen molar-refractivity contribution in [3.8, 4) is 5.88 Å². The Balaban J connectivity index is 0.000000499. The quantitative estimate of drug-likeness (QED) is 0.578. The molecule has 1 atom stereocenters. The molecule has 0 N–H and O–H groups in total. The summed E-state index contributed by atoms with van der Waals surface area (Å²) in [6.45, 7) is 10.5. The summed E-state index contributed by atoms with van der Waals surface area (Å²) in [4.78, 5) is 20.8. The van der Waals surface area contributed by atoms with Crippen LogP contribution in [0, 0.1) is 11.2 Å². The van der Waals surface area contributed by atoms with E-state index in [4.69, 9.17) is 9.47 Å². The average molecular weight is 479 g/mol. The maximum Gasteiger partial charge on any atom is 0.293 e. The van der Waals surface area contributed by atoms with Crippen molar-refractivity contribution in [3.63, 3.8) is 0 Å². The molecule has 1 aromatic heterocycles. The van der Waals surface area contributed by atoms with Gasteiger partial charge in [0.2, 0.25) is 5.88 Å². The lowest BCUT2D eigenvalue weighted by Gasteiger charge is -2.47. The molecule has 3 saturated heterocycles. The van der Waals surface area contributed by atoms with Gasteiger partial charge in [-0.1, -0.05) is 0 Å². The van der Waals surface area contributed by atoms with Crippen LogP contribution < -0.4 is 9.64 Å². The van der Waals surface area contributed by atoms with Crippen molar-refractivity contribution in [1.29, 1.82) is 0 Å². The smallest absolute Gasteiger partial charge is 0.293 e. The molecule has 1 aliphatic carbocycles. The Morgan fingerprint density at radius 2 is 1.94 bits per heavy atom. The molecule has 190 valence electrons. The van der Waals surface area contributed by atoms with Crippen LogP contribution in [0.2, 0.25) is 0 Å². The monoisotopic (exact) mass is 478 g/mol. The highest BCUT2D eigenvalue weighted by Crippen LogP contribution is 2.46. The molecule has 0 radical (unpaired) electrons. The van der Waals surface area contributed by atoms with Crippen molar-refractivity contribution in [2.75, 3.05) is 71.0 Å². The van der Waals surface area contributed by atoms with E-state index in [1.165, 1.54) is 38.5 Å². The van der Waals surface area contributed by atoms with E-state index in [-0.39, 0.29) is 11.9 Å². The number of pyridine rings is 1. The number of halogens is 1. The molecular formula is C25H39FN4O4. The topological polar surface area (TPSA) is 67.4 Å². The first-order valence-electron chi connectivity index (χ1n) is 12.6. The number of anilines is 1. The molecule has 1 aromatic rings. The first-order chi connectivity index (χ1) is 16.5. The van der Waals surface area contributed by atoms with Gasteiger partial charge < -0.3 is 24.0 Å². The fraction of sp³-hybridized carbons (Fsp3) is 0.760. The molecular weight excluding hydrogens is 439 g/mol. The molecule has 1 unspecified atom stereocenters. The van der Waals surface area contributed by atoms with Gasteiger partial charge in [0.1, 0.15) is 17.6 Å². The predicted molar refractivity (Wildman–Crippen MR) is 128 cm³/mol. The second-order valence-electron chi connectivity index (χ2n) is 10.1. The molecule has 0 aromatic carbocycles. The highest BCUT2D eigenvalue weighted by molar-refractivity contribution is 5.55. The second kappa shape index (κ2) is 11.6. The molecule has 3 aliphatic heterocycles. The van der Waals surface area contributed by atoms with E-state index in [1.807, 2.05) is 0 Å². The van der Waals surface area contributed by atoms with Gasteiger partial charge in [-0.25, -0.2) is 9.37 Å². The van der Waals surface area contributed by atoms with Crippen LogP contribution in [-0.4, -0.2) is 99.5 Å². The summed E-state index contributed by atoms with van der Waals surface area (Å²) in [7, 11) is 2.23. The molecule has 4 heterocycles. The van der Waals surface area contributed by atoms with Crippen LogP contribution in [0.4, 0.5) is 10.1 Å². The van der Waals surface area contributed by atoms with Gasteiger partial charge in [0.15, 0.2) is 0 Å². The minimum Gasteiger partial charge on any atom is -0.473 e. The number of rotatable bonds is 6.